The number of esters is 1. The van der Waals surface area contributed by atoms with Crippen molar-refractivity contribution < 1.29 is 19.4 Å². The van der Waals surface area contributed by atoms with Gasteiger partial charge in [0.05, 0.1) is 12.0 Å². The van der Waals surface area contributed by atoms with Crippen molar-refractivity contribution in [3.05, 3.63) is 15.7 Å². The number of rotatable bonds is 6. The van der Waals surface area contributed by atoms with Crippen LogP contribution in [0.4, 0.5) is 5.82 Å². The molecule has 0 bridgehead atoms. The van der Waals surface area contributed by atoms with E-state index in [0.29, 0.717) is 33.1 Å². The molecule has 0 fully saturated rings. The molecule has 0 aliphatic heterocycles. The Labute approximate surface area is 141 Å². The van der Waals surface area contributed by atoms with E-state index in [2.05, 4.69) is 9.97 Å². The first-order chi connectivity index (χ1) is 10.8. The molecule has 2 heterocycles. The summed E-state index contributed by atoms with van der Waals surface area (Å²) in [5, 5.41) is 9.57. The highest BCUT2D eigenvalue weighted by atomic mass is 35.5. The highest BCUT2D eigenvalue weighted by Gasteiger charge is 2.23. The van der Waals surface area contributed by atoms with Crippen LogP contribution < -0.4 is 4.90 Å². The molecule has 0 unspecified atom stereocenters. The molecule has 2 aromatic heterocycles. The van der Waals surface area contributed by atoms with E-state index in [1.807, 2.05) is 6.92 Å². The smallest absolute Gasteiger partial charge is 0.348 e. The van der Waals surface area contributed by atoms with Crippen LogP contribution in [-0.4, -0.2) is 47.2 Å². The second-order valence-electron chi connectivity index (χ2n) is 4.94. The molecule has 1 N–H and O–H groups in total. The molecule has 0 radical (unpaired) electrons. The predicted octanol–water partition coefficient (Wildman–Crippen LogP) is 2.74. The molecule has 0 atom stereocenters. The number of halogens is 1. The molecule has 0 spiro atoms. The van der Waals surface area contributed by atoms with Crippen molar-refractivity contribution in [3.8, 4) is 0 Å². The number of ether oxygens (including phenoxy) is 1. The minimum Gasteiger partial charge on any atom is -0.480 e. The number of carboxylic acid groups (broad SMARTS) is 1. The SMILES string of the molecule is CCCOC(=O)c1sc2nc(Cl)nc(N(C)CC(=O)O)c2c1C. The zero-order valence-corrected chi connectivity index (χ0v) is 14.5. The van der Waals surface area contributed by atoms with E-state index in [4.69, 9.17) is 21.4 Å². The highest BCUT2D eigenvalue weighted by Crippen LogP contribution is 2.36. The number of anilines is 1. The first-order valence-electron chi connectivity index (χ1n) is 6.91. The number of fused-ring (bicyclic) bond motifs is 1. The molecule has 124 valence electrons. The number of aromatic nitrogens is 2. The van der Waals surface area contributed by atoms with Gasteiger partial charge < -0.3 is 14.7 Å². The van der Waals surface area contributed by atoms with Crippen molar-refractivity contribution in [2.75, 3.05) is 25.1 Å². The molecule has 2 rings (SSSR count). The fourth-order valence-corrected chi connectivity index (χ4v) is 3.39. The highest BCUT2D eigenvalue weighted by molar-refractivity contribution is 7.20. The van der Waals surface area contributed by atoms with Gasteiger partial charge in [0, 0.05) is 7.05 Å². The van der Waals surface area contributed by atoms with Gasteiger partial charge in [-0.2, -0.15) is 4.98 Å². The first kappa shape index (κ1) is 17.4. The summed E-state index contributed by atoms with van der Waals surface area (Å²) in [5.41, 5.74) is 0.662. The van der Waals surface area contributed by atoms with Crippen LogP contribution in [0, 0.1) is 6.92 Å². The van der Waals surface area contributed by atoms with E-state index in [-0.39, 0.29) is 11.8 Å². The number of hydrogen-bond donors (Lipinski definition) is 1. The normalized spacial score (nSPS) is 10.8. The molecule has 2 aromatic rings. The van der Waals surface area contributed by atoms with Gasteiger partial charge in [-0.05, 0) is 30.5 Å². The Kier molecular flexibility index (Phi) is 5.38. The second kappa shape index (κ2) is 7.10. The average Bonchev–Trinajstić information content (AvgIpc) is 2.80. The van der Waals surface area contributed by atoms with Gasteiger partial charge in [0.2, 0.25) is 5.28 Å². The van der Waals surface area contributed by atoms with Gasteiger partial charge in [0.25, 0.3) is 0 Å². The van der Waals surface area contributed by atoms with E-state index < -0.39 is 11.9 Å². The number of aliphatic carboxylic acids is 1. The van der Waals surface area contributed by atoms with Gasteiger partial charge in [-0.25, -0.2) is 9.78 Å². The van der Waals surface area contributed by atoms with E-state index in [9.17, 15) is 9.59 Å². The van der Waals surface area contributed by atoms with Crippen LogP contribution in [0.25, 0.3) is 10.2 Å². The molecule has 0 aromatic carbocycles. The van der Waals surface area contributed by atoms with E-state index in [1.54, 1.807) is 14.0 Å². The van der Waals surface area contributed by atoms with Crippen LogP contribution in [0.5, 0.6) is 0 Å². The number of carbonyl (C=O) groups excluding carboxylic acids is 1. The zero-order valence-electron chi connectivity index (χ0n) is 12.9. The number of likely N-dealkylation sites (N-methyl/N-ethyl adjacent to an activating group) is 1. The van der Waals surface area contributed by atoms with Crippen molar-refractivity contribution in [2.45, 2.75) is 20.3 Å². The molecule has 0 aliphatic rings. The summed E-state index contributed by atoms with van der Waals surface area (Å²) in [4.78, 5) is 33.7. The van der Waals surface area contributed by atoms with Crippen LogP contribution >= 0.6 is 22.9 Å². The molecule has 0 saturated carbocycles. The molecular weight excluding hydrogens is 342 g/mol. The summed E-state index contributed by atoms with van der Waals surface area (Å²) in [5.74, 6) is -1.04. The lowest BCUT2D eigenvalue weighted by Crippen LogP contribution is -2.26. The molecule has 0 amide bonds. The summed E-state index contributed by atoms with van der Waals surface area (Å²) in [6.07, 6.45) is 0.730. The molecular formula is C14H16ClN3O4S. The maximum Gasteiger partial charge on any atom is 0.348 e. The maximum absolute atomic E-state index is 12.1. The van der Waals surface area contributed by atoms with Crippen molar-refractivity contribution in [3.63, 3.8) is 0 Å². The topological polar surface area (TPSA) is 92.6 Å². The van der Waals surface area contributed by atoms with Gasteiger partial charge in [0.15, 0.2) is 0 Å². The lowest BCUT2D eigenvalue weighted by atomic mass is 10.2. The Morgan fingerprint density at radius 3 is 2.70 bits per heavy atom. The largest absolute Gasteiger partial charge is 0.480 e. The summed E-state index contributed by atoms with van der Waals surface area (Å²) in [6.45, 7) is 3.77. The van der Waals surface area contributed by atoms with Crippen LogP contribution in [0.15, 0.2) is 0 Å². The Morgan fingerprint density at radius 2 is 2.09 bits per heavy atom. The van der Waals surface area contributed by atoms with Gasteiger partial charge in [-0.3, -0.25) is 4.79 Å². The van der Waals surface area contributed by atoms with Gasteiger partial charge in [-0.15, -0.1) is 11.3 Å². The monoisotopic (exact) mass is 357 g/mol. The number of hydrogen-bond acceptors (Lipinski definition) is 7. The van der Waals surface area contributed by atoms with E-state index in [0.717, 1.165) is 17.8 Å². The number of carboxylic acids is 1. The molecule has 0 saturated heterocycles. The number of carbonyl (C=O) groups is 2. The van der Waals surface area contributed by atoms with Crippen molar-refractivity contribution in [2.24, 2.45) is 0 Å². The fraction of sp³-hybridized carbons (Fsp3) is 0.429. The molecule has 23 heavy (non-hydrogen) atoms. The van der Waals surface area contributed by atoms with Crippen LogP contribution in [0.1, 0.15) is 28.6 Å². The quantitative estimate of drug-likeness (QED) is 0.627. The van der Waals surface area contributed by atoms with Crippen molar-refractivity contribution >= 4 is 50.9 Å². The maximum atomic E-state index is 12.1. The third kappa shape index (κ3) is 3.70. The lowest BCUT2D eigenvalue weighted by molar-refractivity contribution is -0.135. The Hall–Kier alpha value is -1.93. The van der Waals surface area contributed by atoms with Crippen molar-refractivity contribution in [1.82, 2.24) is 9.97 Å². The summed E-state index contributed by atoms with van der Waals surface area (Å²) < 4.78 is 5.17. The summed E-state index contributed by atoms with van der Waals surface area (Å²) >= 11 is 7.09. The summed E-state index contributed by atoms with van der Waals surface area (Å²) in [7, 11) is 1.60. The van der Waals surface area contributed by atoms with Crippen molar-refractivity contribution in [1.29, 1.82) is 0 Å². The molecule has 0 aliphatic carbocycles. The minimum absolute atomic E-state index is 0.000496. The van der Waals surface area contributed by atoms with E-state index in [1.165, 1.54) is 4.90 Å². The predicted molar refractivity (Wildman–Crippen MR) is 88.6 cm³/mol. The third-order valence-corrected chi connectivity index (χ3v) is 4.44. The number of nitrogens with zero attached hydrogens (tertiary/aromatic N) is 3. The van der Waals surface area contributed by atoms with E-state index >= 15 is 0 Å². The zero-order chi connectivity index (χ0) is 17.1. The third-order valence-electron chi connectivity index (χ3n) is 3.10. The van der Waals surface area contributed by atoms with Gasteiger partial charge >= 0.3 is 11.9 Å². The first-order valence-corrected chi connectivity index (χ1v) is 8.11. The van der Waals surface area contributed by atoms with Gasteiger partial charge in [-0.1, -0.05) is 6.92 Å². The number of thiophene rings is 1. The Bertz CT molecular complexity index is 762. The molecule has 9 heteroatoms. The second-order valence-corrected chi connectivity index (χ2v) is 6.28. The Morgan fingerprint density at radius 1 is 1.39 bits per heavy atom. The fourth-order valence-electron chi connectivity index (χ4n) is 2.10. The van der Waals surface area contributed by atoms with Crippen LogP contribution in [0.2, 0.25) is 5.28 Å². The Balaban J connectivity index is 2.54. The van der Waals surface area contributed by atoms with Crippen LogP contribution in [0.3, 0.4) is 0 Å². The van der Waals surface area contributed by atoms with Gasteiger partial charge in [0.1, 0.15) is 22.1 Å². The standard InChI is InChI=1S/C14H16ClN3O4S/c1-4-5-22-13(21)10-7(2)9-11(18(3)6-8(19)20)16-14(15)17-12(9)23-10/h4-6H2,1-3H3,(H,19,20). The minimum atomic E-state index is -0.995. The molecule has 7 nitrogen and oxygen atoms in total. The lowest BCUT2D eigenvalue weighted by Gasteiger charge is -2.17. The summed E-state index contributed by atoms with van der Waals surface area (Å²) in [6, 6.07) is 0. The number of aryl methyl sites for hydroxylation is 1. The average molecular weight is 358 g/mol. The van der Waals surface area contributed by atoms with Crippen LogP contribution in [-0.2, 0) is 9.53 Å².